The van der Waals surface area contributed by atoms with Crippen molar-refractivity contribution < 1.29 is 42.9 Å². The molecule has 1 heterocycles. The molecule has 0 amide bonds. The number of unbranched alkanes of at least 4 members (excludes halogenated alkanes) is 21. The third kappa shape index (κ3) is 42.4. The van der Waals surface area contributed by atoms with Gasteiger partial charge in [-0.15, -0.1) is 0 Å². The smallest absolute Gasteiger partial charge is 0.462 e. The number of allylic oxidation sites excluding steroid dienone is 8. The van der Waals surface area contributed by atoms with Crippen LogP contribution in [-0.4, -0.2) is 74.2 Å². The molecule has 0 aliphatic carbocycles. The van der Waals surface area contributed by atoms with Crippen molar-refractivity contribution >= 4 is 24.1 Å². The van der Waals surface area contributed by atoms with E-state index in [1.54, 1.807) is 0 Å². The van der Waals surface area contributed by atoms with Gasteiger partial charge in [-0.25, -0.2) is 4.79 Å². The molecule has 0 aromatic carbocycles. The largest absolute Gasteiger partial charge is 0.509 e. The van der Waals surface area contributed by atoms with E-state index < -0.39 is 24.3 Å². The molecule has 0 radical (unpaired) electrons. The van der Waals surface area contributed by atoms with Gasteiger partial charge in [0.1, 0.15) is 26.0 Å². The quantitative estimate of drug-likeness (QED) is 0.0253. The van der Waals surface area contributed by atoms with Gasteiger partial charge in [0.25, 0.3) is 0 Å². The summed E-state index contributed by atoms with van der Waals surface area (Å²) in [5.41, 5.74) is 0. The van der Waals surface area contributed by atoms with E-state index >= 15 is 0 Å². The molecule has 1 saturated heterocycles. The molecule has 0 aromatic heterocycles. The normalized spacial score (nSPS) is 13.7. The van der Waals surface area contributed by atoms with Crippen LogP contribution in [0.3, 0.4) is 0 Å². The van der Waals surface area contributed by atoms with Crippen LogP contribution >= 0.6 is 0 Å². The number of esters is 3. The summed E-state index contributed by atoms with van der Waals surface area (Å²) < 4.78 is 28.0. The molecule has 67 heavy (non-hydrogen) atoms. The summed E-state index contributed by atoms with van der Waals surface area (Å²) in [6.07, 6.45) is 50.3. The van der Waals surface area contributed by atoms with Crippen molar-refractivity contribution in [3.05, 3.63) is 48.6 Å². The average molecular weight is 942 g/mol. The number of rotatable bonds is 46. The average Bonchev–Trinajstić information content (AvgIpc) is 3.86. The molecule has 1 unspecified atom stereocenters. The van der Waals surface area contributed by atoms with E-state index in [-0.39, 0.29) is 57.6 Å². The summed E-state index contributed by atoms with van der Waals surface area (Å²) in [6.45, 7) is 8.27. The highest BCUT2D eigenvalue weighted by Crippen LogP contribution is 2.18. The number of likely N-dealkylation sites (tertiary alicyclic amines) is 1. The number of carbonyl (C=O) groups is 4. The van der Waals surface area contributed by atoms with Crippen LogP contribution in [0.1, 0.15) is 245 Å². The van der Waals surface area contributed by atoms with E-state index in [0.717, 1.165) is 135 Å². The van der Waals surface area contributed by atoms with Crippen LogP contribution in [0.25, 0.3) is 0 Å². The van der Waals surface area contributed by atoms with Gasteiger partial charge in [-0.1, -0.05) is 166 Å². The Balaban J connectivity index is 2.57. The Hall–Kier alpha value is -3.40. The Bertz CT molecular complexity index is 1240. The Morgan fingerprint density at radius 1 is 0.418 bits per heavy atom. The molecule has 0 N–H and O–H groups in total. The predicted molar refractivity (Wildman–Crippen MR) is 275 cm³/mol. The lowest BCUT2D eigenvalue weighted by Crippen LogP contribution is -2.31. The molecule has 0 spiro atoms. The van der Waals surface area contributed by atoms with Crippen molar-refractivity contribution in [3.63, 3.8) is 0 Å². The monoisotopic (exact) mass is 942 g/mol. The van der Waals surface area contributed by atoms with E-state index in [9.17, 15) is 19.2 Å². The topological polar surface area (TPSA) is 118 Å². The second kappa shape index (κ2) is 47.7. The van der Waals surface area contributed by atoms with E-state index in [2.05, 4.69) is 74.3 Å². The van der Waals surface area contributed by atoms with Crippen LogP contribution in [0.15, 0.2) is 48.6 Å². The molecule has 10 nitrogen and oxygen atoms in total. The Kier molecular flexibility index (Phi) is 43.8. The van der Waals surface area contributed by atoms with E-state index in [0.29, 0.717) is 6.42 Å². The van der Waals surface area contributed by atoms with Gasteiger partial charge in [-0.2, -0.15) is 0 Å². The maximum absolute atomic E-state index is 13.2. The summed E-state index contributed by atoms with van der Waals surface area (Å²) in [5.74, 6) is -1.24. The molecule has 1 aliphatic heterocycles. The minimum absolute atomic E-state index is 0.00374. The Morgan fingerprint density at radius 2 is 0.836 bits per heavy atom. The third-order valence-corrected chi connectivity index (χ3v) is 12.2. The van der Waals surface area contributed by atoms with E-state index in [1.165, 1.54) is 70.6 Å². The Labute approximate surface area is 409 Å². The van der Waals surface area contributed by atoms with Crippen molar-refractivity contribution in [2.45, 2.75) is 258 Å². The fourth-order valence-electron chi connectivity index (χ4n) is 7.96. The molecule has 0 saturated carbocycles. The maximum atomic E-state index is 13.2. The molecule has 1 rings (SSSR count). The van der Waals surface area contributed by atoms with Crippen LogP contribution < -0.4 is 0 Å². The first-order valence-corrected chi connectivity index (χ1v) is 27.5. The highest BCUT2D eigenvalue weighted by molar-refractivity contribution is 5.71. The molecule has 0 bridgehead atoms. The zero-order chi connectivity index (χ0) is 48.5. The van der Waals surface area contributed by atoms with Gasteiger partial charge in [-0.3, -0.25) is 19.3 Å². The third-order valence-electron chi connectivity index (χ3n) is 12.2. The first-order chi connectivity index (χ1) is 32.9. The first-order valence-electron chi connectivity index (χ1n) is 27.5. The fraction of sp³-hybridized carbons (Fsp3) is 0.789. The van der Waals surface area contributed by atoms with Gasteiger partial charge in [0.05, 0.1) is 0 Å². The summed E-state index contributed by atoms with van der Waals surface area (Å²) in [6, 6.07) is 0. The van der Waals surface area contributed by atoms with E-state index in [4.69, 9.17) is 23.7 Å². The van der Waals surface area contributed by atoms with Gasteiger partial charge < -0.3 is 23.7 Å². The lowest BCUT2D eigenvalue weighted by atomic mass is 10.0. The van der Waals surface area contributed by atoms with Crippen LogP contribution in [-0.2, 0) is 38.1 Å². The van der Waals surface area contributed by atoms with Crippen molar-refractivity contribution in [1.29, 1.82) is 0 Å². The number of nitrogens with zero attached hydrogens (tertiary/aromatic N) is 1. The minimum Gasteiger partial charge on any atom is -0.462 e. The molecule has 1 fully saturated rings. The molecule has 10 heteroatoms. The van der Waals surface area contributed by atoms with Crippen molar-refractivity contribution in [3.8, 4) is 0 Å². The highest BCUT2D eigenvalue weighted by Gasteiger charge is 2.23. The maximum Gasteiger partial charge on any atom is 0.509 e. The first kappa shape index (κ1) is 61.6. The second-order valence-electron chi connectivity index (χ2n) is 18.6. The molecule has 1 atom stereocenters. The Morgan fingerprint density at radius 3 is 1.33 bits per heavy atom. The van der Waals surface area contributed by atoms with Gasteiger partial charge in [-0.05, 0) is 109 Å². The van der Waals surface area contributed by atoms with Crippen LogP contribution in [0.4, 0.5) is 4.79 Å². The number of ether oxygens (including phenoxy) is 5. The van der Waals surface area contributed by atoms with E-state index in [1.807, 2.05) is 0 Å². The summed E-state index contributed by atoms with van der Waals surface area (Å²) in [5, 5.41) is 0. The lowest BCUT2D eigenvalue weighted by Gasteiger charge is -2.21. The lowest BCUT2D eigenvalue weighted by molar-refractivity contribution is -0.167. The minimum atomic E-state index is -0.932. The molecule has 1 aliphatic rings. The predicted octanol–water partition coefficient (Wildman–Crippen LogP) is 15.7. The molecule has 0 aromatic rings. The molecular weight excluding hydrogens is 843 g/mol. The zero-order valence-electron chi connectivity index (χ0n) is 43.2. The van der Waals surface area contributed by atoms with Gasteiger partial charge >= 0.3 is 24.1 Å². The fourth-order valence-corrected chi connectivity index (χ4v) is 7.96. The molecular formula is C57H99NO9. The summed E-state index contributed by atoms with van der Waals surface area (Å²) >= 11 is 0. The van der Waals surface area contributed by atoms with Gasteiger partial charge in [0, 0.05) is 32.4 Å². The number of hydrogen-bond donors (Lipinski definition) is 0. The highest BCUT2D eigenvalue weighted by atomic mass is 16.7. The molecule has 386 valence electrons. The summed E-state index contributed by atoms with van der Waals surface area (Å²) in [7, 11) is 0. The van der Waals surface area contributed by atoms with Gasteiger partial charge in [0.15, 0.2) is 6.10 Å². The van der Waals surface area contributed by atoms with Crippen LogP contribution in [0.2, 0.25) is 0 Å². The van der Waals surface area contributed by atoms with Crippen molar-refractivity contribution in [1.82, 2.24) is 4.90 Å². The number of hydrogen-bond acceptors (Lipinski definition) is 10. The second-order valence-corrected chi connectivity index (χ2v) is 18.6. The number of carbonyl (C=O) groups excluding carboxylic acids is 4. The standard InChI is InChI=1S/C57H99NO9/c1-4-7-10-13-16-18-20-22-24-26-28-30-32-35-38-43-54(59)63-49-53(50-64-55(60)44-39-36-33-31-29-27-25-23-21-19-17-14-11-8-5-2)66-56(61)46-45-52(42-37-34-15-12-9-6-3)67-57(62)65-51-58-47-40-41-48-58/h16-19,22-25,52-53H,4-15,20-21,26-51H2,1-3H3/b18-16-,19-17-,24-22-,25-23-. The van der Waals surface area contributed by atoms with Crippen LogP contribution in [0, 0.1) is 0 Å². The van der Waals surface area contributed by atoms with Crippen molar-refractivity contribution in [2.24, 2.45) is 0 Å². The van der Waals surface area contributed by atoms with Crippen LogP contribution in [0.5, 0.6) is 0 Å². The zero-order valence-corrected chi connectivity index (χ0v) is 43.2. The SMILES string of the molecule is CCCCC/C=C\C/C=C\CCCCCCCC(=O)OCC(COC(=O)CCCCCCC/C=C\C/C=C\CCCCC)OC(=O)CCC(CCCCCCCC)OC(=O)OCN1CCCC1. The van der Waals surface area contributed by atoms with Gasteiger partial charge in [0.2, 0.25) is 0 Å². The summed E-state index contributed by atoms with van der Waals surface area (Å²) in [4.78, 5) is 53.5. The van der Waals surface area contributed by atoms with Crippen molar-refractivity contribution in [2.75, 3.05) is 33.0 Å².